The maximum absolute atomic E-state index is 11.9. The van der Waals surface area contributed by atoms with Crippen LogP contribution < -0.4 is 5.32 Å². The lowest BCUT2D eigenvalue weighted by Gasteiger charge is -2.29. The average molecular weight is 374 g/mol. The van der Waals surface area contributed by atoms with Crippen LogP contribution in [0.1, 0.15) is 6.42 Å². The molecule has 5 nitrogen and oxygen atoms in total. The topological polar surface area (TPSA) is 58.6 Å². The van der Waals surface area contributed by atoms with Crippen molar-refractivity contribution in [1.82, 2.24) is 4.90 Å². The molecule has 2 amide bonds. The van der Waals surface area contributed by atoms with Crippen molar-refractivity contribution in [3.63, 3.8) is 0 Å². The first kappa shape index (κ1) is 14.3. The Kier molecular flexibility index (Phi) is 4.76. The summed E-state index contributed by atoms with van der Waals surface area (Å²) in [6.45, 7) is 1.05. The number of hydrogen-bond acceptors (Lipinski definition) is 3. The summed E-state index contributed by atoms with van der Waals surface area (Å²) in [6, 6.07) is 7.48. The maximum atomic E-state index is 11.9. The van der Waals surface area contributed by atoms with Gasteiger partial charge in [-0.1, -0.05) is 0 Å². The van der Waals surface area contributed by atoms with Crippen molar-refractivity contribution in [3.05, 3.63) is 27.8 Å². The van der Waals surface area contributed by atoms with E-state index in [1.54, 1.807) is 11.9 Å². The summed E-state index contributed by atoms with van der Waals surface area (Å²) in [4.78, 5) is 25.2. The van der Waals surface area contributed by atoms with Crippen molar-refractivity contribution in [2.45, 2.75) is 12.5 Å². The van der Waals surface area contributed by atoms with Crippen LogP contribution in [0.3, 0.4) is 0 Å². The van der Waals surface area contributed by atoms with E-state index in [1.807, 2.05) is 24.3 Å². The number of rotatable bonds is 3. The average Bonchev–Trinajstić information content (AvgIpc) is 2.38. The summed E-state index contributed by atoms with van der Waals surface area (Å²) in [5.74, 6) is -0.348. The number of carbonyl (C=O) groups is 2. The first-order chi connectivity index (χ1) is 9.06. The molecule has 1 saturated heterocycles. The molecule has 0 bridgehead atoms. The number of hydrogen-bond donors (Lipinski definition) is 1. The molecule has 0 aliphatic carbocycles. The summed E-state index contributed by atoms with van der Waals surface area (Å²) in [5.41, 5.74) is 0.724. The number of amides is 2. The lowest BCUT2D eigenvalue weighted by molar-refractivity contribution is -0.153. The third-order valence-electron chi connectivity index (χ3n) is 2.90. The van der Waals surface area contributed by atoms with E-state index in [4.69, 9.17) is 4.74 Å². The van der Waals surface area contributed by atoms with Crippen LogP contribution >= 0.6 is 22.6 Å². The molecule has 102 valence electrons. The van der Waals surface area contributed by atoms with Gasteiger partial charge in [0.1, 0.15) is 6.10 Å². The van der Waals surface area contributed by atoms with E-state index in [0.29, 0.717) is 13.2 Å². The van der Waals surface area contributed by atoms with Gasteiger partial charge in [-0.15, -0.1) is 0 Å². The van der Waals surface area contributed by atoms with E-state index in [-0.39, 0.29) is 18.2 Å². The van der Waals surface area contributed by atoms with Gasteiger partial charge in [0.15, 0.2) is 0 Å². The second-order valence-corrected chi connectivity index (χ2v) is 5.62. The number of anilines is 1. The van der Waals surface area contributed by atoms with Gasteiger partial charge in [0.25, 0.3) is 5.91 Å². The zero-order valence-electron chi connectivity index (χ0n) is 10.6. The Labute approximate surface area is 125 Å². The number of morpholine rings is 1. The highest BCUT2D eigenvalue weighted by Gasteiger charge is 2.29. The number of nitrogens with zero attached hydrogens (tertiary/aromatic N) is 1. The smallest absolute Gasteiger partial charge is 0.252 e. The van der Waals surface area contributed by atoms with Gasteiger partial charge in [-0.25, -0.2) is 0 Å². The van der Waals surface area contributed by atoms with E-state index in [1.165, 1.54) is 0 Å². The zero-order chi connectivity index (χ0) is 13.8. The Bertz CT molecular complexity index is 475. The van der Waals surface area contributed by atoms with Crippen LogP contribution in [0.2, 0.25) is 0 Å². The molecular weight excluding hydrogens is 359 g/mol. The first-order valence-corrected chi connectivity index (χ1v) is 7.06. The van der Waals surface area contributed by atoms with Crippen LogP contribution in [0.15, 0.2) is 24.3 Å². The molecule has 2 rings (SSSR count). The molecule has 1 aromatic carbocycles. The lowest BCUT2D eigenvalue weighted by atomic mass is 10.2. The molecule has 1 aliphatic heterocycles. The van der Waals surface area contributed by atoms with Gasteiger partial charge < -0.3 is 15.0 Å². The van der Waals surface area contributed by atoms with Gasteiger partial charge in [-0.2, -0.15) is 0 Å². The maximum Gasteiger partial charge on any atom is 0.252 e. The molecule has 1 N–H and O–H groups in total. The largest absolute Gasteiger partial charge is 0.366 e. The number of ether oxygens (including phenoxy) is 1. The first-order valence-electron chi connectivity index (χ1n) is 5.98. The van der Waals surface area contributed by atoms with E-state index < -0.39 is 6.10 Å². The van der Waals surface area contributed by atoms with Crippen LogP contribution in [0, 0.1) is 3.57 Å². The summed E-state index contributed by atoms with van der Waals surface area (Å²) < 4.78 is 6.43. The summed E-state index contributed by atoms with van der Waals surface area (Å²) in [7, 11) is 1.72. The second kappa shape index (κ2) is 6.33. The highest BCUT2D eigenvalue weighted by molar-refractivity contribution is 14.1. The third-order valence-corrected chi connectivity index (χ3v) is 3.62. The highest BCUT2D eigenvalue weighted by Crippen LogP contribution is 2.13. The van der Waals surface area contributed by atoms with Crippen LogP contribution in [0.4, 0.5) is 5.69 Å². The molecule has 0 saturated carbocycles. The molecular formula is C13H15IN2O3. The molecule has 1 fully saturated rings. The fourth-order valence-electron chi connectivity index (χ4n) is 1.82. The fourth-order valence-corrected chi connectivity index (χ4v) is 2.18. The van der Waals surface area contributed by atoms with Gasteiger partial charge in [0.05, 0.1) is 13.0 Å². The van der Waals surface area contributed by atoms with E-state index in [0.717, 1.165) is 9.26 Å². The van der Waals surface area contributed by atoms with Crippen LogP contribution in [-0.4, -0.2) is 43.0 Å². The van der Waals surface area contributed by atoms with Crippen molar-refractivity contribution in [3.8, 4) is 0 Å². The van der Waals surface area contributed by atoms with Crippen molar-refractivity contribution in [1.29, 1.82) is 0 Å². The van der Waals surface area contributed by atoms with Crippen LogP contribution in [0.25, 0.3) is 0 Å². The van der Waals surface area contributed by atoms with Crippen LogP contribution in [0.5, 0.6) is 0 Å². The Morgan fingerprint density at radius 1 is 1.47 bits per heavy atom. The fraction of sp³-hybridized carbons (Fsp3) is 0.385. The predicted octanol–water partition coefficient (Wildman–Crippen LogP) is 1.48. The van der Waals surface area contributed by atoms with Gasteiger partial charge in [-0.05, 0) is 46.9 Å². The minimum absolute atomic E-state index is 0.0508. The number of nitrogens with one attached hydrogen (secondary N) is 1. The Morgan fingerprint density at radius 3 is 2.84 bits per heavy atom. The van der Waals surface area contributed by atoms with Crippen LogP contribution in [-0.2, 0) is 14.3 Å². The van der Waals surface area contributed by atoms with Crippen molar-refractivity contribution in [2.75, 3.05) is 25.5 Å². The molecule has 1 aromatic rings. The molecule has 0 spiro atoms. The Morgan fingerprint density at radius 2 is 2.16 bits per heavy atom. The number of likely N-dealkylation sites (N-methyl/N-ethyl adjacent to an activating group) is 1. The predicted molar refractivity (Wildman–Crippen MR) is 79.8 cm³/mol. The SMILES string of the molecule is CN1CCO[C@H](CC(=O)Nc2ccc(I)cc2)C1=O. The Hall–Kier alpha value is -1.15. The number of carbonyl (C=O) groups excluding carboxylic acids is 2. The second-order valence-electron chi connectivity index (χ2n) is 4.38. The highest BCUT2D eigenvalue weighted by atomic mass is 127. The molecule has 1 atom stereocenters. The van der Waals surface area contributed by atoms with E-state index >= 15 is 0 Å². The molecule has 6 heteroatoms. The monoisotopic (exact) mass is 374 g/mol. The standard InChI is InChI=1S/C13H15IN2O3/c1-16-6-7-19-11(13(16)18)8-12(17)15-10-4-2-9(14)3-5-10/h2-5,11H,6-8H2,1H3,(H,15,17)/t11-/m1/s1. The summed E-state index contributed by atoms with van der Waals surface area (Å²) in [5, 5.41) is 2.76. The minimum Gasteiger partial charge on any atom is -0.366 e. The normalized spacial score (nSPS) is 19.4. The summed E-state index contributed by atoms with van der Waals surface area (Å²) >= 11 is 2.20. The quantitative estimate of drug-likeness (QED) is 0.816. The van der Waals surface area contributed by atoms with Gasteiger partial charge >= 0.3 is 0 Å². The minimum atomic E-state index is -0.664. The van der Waals surface area contributed by atoms with Crippen molar-refractivity contribution >= 4 is 40.1 Å². The number of halogens is 1. The van der Waals surface area contributed by atoms with E-state index in [2.05, 4.69) is 27.9 Å². The summed E-state index contributed by atoms with van der Waals surface area (Å²) in [6.07, 6.45) is -0.614. The molecule has 0 unspecified atom stereocenters. The Balaban J connectivity index is 1.90. The van der Waals surface area contributed by atoms with Crippen molar-refractivity contribution in [2.24, 2.45) is 0 Å². The number of benzene rings is 1. The van der Waals surface area contributed by atoms with E-state index in [9.17, 15) is 9.59 Å². The zero-order valence-corrected chi connectivity index (χ0v) is 12.7. The lowest BCUT2D eigenvalue weighted by Crippen LogP contribution is -2.46. The van der Waals surface area contributed by atoms with Gasteiger partial charge in [0.2, 0.25) is 5.91 Å². The van der Waals surface area contributed by atoms with Gasteiger partial charge in [0, 0.05) is 22.8 Å². The molecule has 0 radical (unpaired) electrons. The third kappa shape index (κ3) is 3.90. The molecule has 0 aromatic heterocycles. The van der Waals surface area contributed by atoms with Gasteiger partial charge in [-0.3, -0.25) is 9.59 Å². The molecule has 1 heterocycles. The molecule has 19 heavy (non-hydrogen) atoms. The molecule has 1 aliphatic rings. The van der Waals surface area contributed by atoms with Crippen molar-refractivity contribution < 1.29 is 14.3 Å².